The standard InChI is InChI=1S/C19H29N/c1-20-14-18-7-3-2-4-12-19(18)17-11-6-10-16(13-17)15-8-5-9-15/h6,10-11,13,15,18-20H,2-5,7-9,12,14H2,1H3. The third-order valence-electron chi connectivity index (χ3n) is 5.54. The van der Waals surface area contributed by atoms with E-state index in [1.165, 1.54) is 57.9 Å². The molecule has 3 rings (SSSR count). The van der Waals surface area contributed by atoms with E-state index in [1.807, 2.05) is 0 Å². The monoisotopic (exact) mass is 271 g/mol. The average Bonchev–Trinajstić information content (AvgIpc) is 2.63. The van der Waals surface area contributed by atoms with E-state index in [1.54, 1.807) is 11.1 Å². The topological polar surface area (TPSA) is 12.0 Å². The van der Waals surface area contributed by atoms with Crippen LogP contribution in [0.4, 0.5) is 0 Å². The number of rotatable bonds is 4. The van der Waals surface area contributed by atoms with E-state index in [2.05, 4.69) is 36.6 Å². The highest BCUT2D eigenvalue weighted by Crippen LogP contribution is 2.40. The van der Waals surface area contributed by atoms with Crippen LogP contribution >= 0.6 is 0 Å². The van der Waals surface area contributed by atoms with E-state index in [-0.39, 0.29) is 0 Å². The van der Waals surface area contributed by atoms with Crippen LogP contribution in [-0.4, -0.2) is 13.6 Å². The molecule has 2 fully saturated rings. The van der Waals surface area contributed by atoms with Gasteiger partial charge in [0.25, 0.3) is 0 Å². The summed E-state index contributed by atoms with van der Waals surface area (Å²) in [7, 11) is 2.10. The number of nitrogens with one attached hydrogen (secondary N) is 1. The minimum Gasteiger partial charge on any atom is -0.319 e. The van der Waals surface area contributed by atoms with Gasteiger partial charge in [-0.15, -0.1) is 0 Å². The Balaban J connectivity index is 1.80. The van der Waals surface area contributed by atoms with E-state index in [4.69, 9.17) is 0 Å². The van der Waals surface area contributed by atoms with Crippen LogP contribution < -0.4 is 5.32 Å². The summed E-state index contributed by atoms with van der Waals surface area (Å²) in [6.07, 6.45) is 11.3. The first kappa shape index (κ1) is 14.1. The maximum Gasteiger partial charge on any atom is -0.00177 e. The summed E-state index contributed by atoms with van der Waals surface area (Å²) in [6.45, 7) is 1.18. The zero-order valence-corrected chi connectivity index (χ0v) is 12.9. The van der Waals surface area contributed by atoms with Gasteiger partial charge >= 0.3 is 0 Å². The molecule has 0 aromatic heterocycles. The molecular formula is C19H29N. The van der Waals surface area contributed by atoms with Crippen molar-refractivity contribution in [2.45, 2.75) is 63.2 Å². The Kier molecular flexibility index (Phi) is 4.77. The van der Waals surface area contributed by atoms with Gasteiger partial charge < -0.3 is 5.32 Å². The Morgan fingerprint density at radius 1 is 0.950 bits per heavy atom. The Labute approximate surface area is 124 Å². The molecule has 1 nitrogen and oxygen atoms in total. The van der Waals surface area contributed by atoms with E-state index >= 15 is 0 Å². The third-order valence-corrected chi connectivity index (χ3v) is 5.54. The minimum absolute atomic E-state index is 0.782. The van der Waals surface area contributed by atoms with E-state index in [0.717, 1.165) is 17.8 Å². The molecular weight excluding hydrogens is 242 g/mol. The van der Waals surface area contributed by atoms with Crippen molar-refractivity contribution in [1.82, 2.24) is 5.32 Å². The molecule has 2 saturated carbocycles. The summed E-state index contributed by atoms with van der Waals surface area (Å²) >= 11 is 0. The molecule has 2 atom stereocenters. The normalized spacial score (nSPS) is 27.9. The molecule has 1 N–H and O–H groups in total. The minimum atomic E-state index is 0.782. The van der Waals surface area contributed by atoms with Crippen molar-refractivity contribution < 1.29 is 0 Å². The molecule has 2 unspecified atom stereocenters. The Morgan fingerprint density at radius 3 is 2.50 bits per heavy atom. The predicted molar refractivity (Wildman–Crippen MR) is 86.3 cm³/mol. The number of hydrogen-bond donors (Lipinski definition) is 1. The Hall–Kier alpha value is -0.820. The molecule has 0 heterocycles. The largest absolute Gasteiger partial charge is 0.319 e. The van der Waals surface area contributed by atoms with Crippen molar-refractivity contribution in [2.24, 2.45) is 5.92 Å². The molecule has 0 aliphatic heterocycles. The highest BCUT2D eigenvalue weighted by atomic mass is 14.8. The summed E-state index contributed by atoms with van der Waals surface area (Å²) in [5.41, 5.74) is 3.23. The highest BCUT2D eigenvalue weighted by molar-refractivity contribution is 5.30. The van der Waals surface area contributed by atoms with Gasteiger partial charge in [0, 0.05) is 0 Å². The molecule has 0 spiro atoms. The van der Waals surface area contributed by atoms with Gasteiger partial charge in [-0.2, -0.15) is 0 Å². The lowest BCUT2D eigenvalue weighted by molar-refractivity contribution is 0.384. The van der Waals surface area contributed by atoms with Crippen LogP contribution in [0.5, 0.6) is 0 Å². The maximum absolute atomic E-state index is 3.42. The molecule has 20 heavy (non-hydrogen) atoms. The summed E-state index contributed by atoms with van der Waals surface area (Å²) in [4.78, 5) is 0. The molecule has 2 aliphatic carbocycles. The van der Waals surface area contributed by atoms with Crippen molar-refractivity contribution in [1.29, 1.82) is 0 Å². The number of hydrogen-bond acceptors (Lipinski definition) is 1. The fraction of sp³-hybridized carbons (Fsp3) is 0.684. The van der Waals surface area contributed by atoms with Crippen LogP contribution in [0.15, 0.2) is 24.3 Å². The van der Waals surface area contributed by atoms with Crippen molar-refractivity contribution in [3.8, 4) is 0 Å². The predicted octanol–water partition coefficient (Wildman–Crippen LogP) is 4.84. The summed E-state index contributed by atoms with van der Waals surface area (Å²) in [6, 6.07) is 9.60. The first-order valence-corrected chi connectivity index (χ1v) is 8.63. The van der Waals surface area contributed by atoms with Crippen molar-refractivity contribution in [3.05, 3.63) is 35.4 Å². The lowest BCUT2D eigenvalue weighted by Crippen LogP contribution is -2.24. The zero-order chi connectivity index (χ0) is 13.8. The first-order chi connectivity index (χ1) is 9.88. The van der Waals surface area contributed by atoms with Gasteiger partial charge in [0.1, 0.15) is 0 Å². The van der Waals surface area contributed by atoms with Crippen molar-refractivity contribution in [2.75, 3.05) is 13.6 Å². The van der Waals surface area contributed by atoms with Crippen molar-refractivity contribution >= 4 is 0 Å². The summed E-state index contributed by atoms with van der Waals surface area (Å²) in [5.74, 6) is 2.48. The first-order valence-electron chi connectivity index (χ1n) is 8.63. The van der Waals surface area contributed by atoms with Crippen LogP contribution in [0.1, 0.15) is 74.3 Å². The molecule has 0 amide bonds. The second kappa shape index (κ2) is 6.76. The third kappa shape index (κ3) is 3.09. The van der Waals surface area contributed by atoms with E-state index in [0.29, 0.717) is 0 Å². The molecule has 0 radical (unpaired) electrons. The molecule has 1 aromatic carbocycles. The van der Waals surface area contributed by atoms with Crippen LogP contribution in [0.3, 0.4) is 0 Å². The summed E-state index contributed by atoms with van der Waals surface area (Å²) < 4.78 is 0. The molecule has 2 aliphatic rings. The highest BCUT2D eigenvalue weighted by Gasteiger charge is 2.26. The van der Waals surface area contributed by atoms with Gasteiger partial charge in [0.05, 0.1) is 0 Å². The molecule has 1 heteroatoms. The Morgan fingerprint density at radius 2 is 1.75 bits per heavy atom. The number of benzene rings is 1. The molecule has 0 saturated heterocycles. The van der Waals surface area contributed by atoms with Crippen LogP contribution in [0.25, 0.3) is 0 Å². The van der Waals surface area contributed by atoms with E-state index in [9.17, 15) is 0 Å². The molecule has 1 aromatic rings. The maximum atomic E-state index is 3.42. The Bertz CT molecular complexity index is 422. The fourth-order valence-corrected chi connectivity index (χ4v) is 4.11. The second-order valence-electron chi connectivity index (χ2n) is 6.86. The van der Waals surface area contributed by atoms with Gasteiger partial charge in [0.2, 0.25) is 0 Å². The van der Waals surface area contributed by atoms with Gasteiger partial charge in [-0.3, -0.25) is 0 Å². The van der Waals surface area contributed by atoms with Gasteiger partial charge in [-0.25, -0.2) is 0 Å². The van der Waals surface area contributed by atoms with Crippen LogP contribution in [0, 0.1) is 5.92 Å². The molecule has 0 bridgehead atoms. The zero-order valence-electron chi connectivity index (χ0n) is 12.9. The SMILES string of the molecule is CNCC1CCCCCC1c1cccc(C2CCC2)c1. The smallest absolute Gasteiger partial charge is 0.00177 e. The van der Waals surface area contributed by atoms with E-state index < -0.39 is 0 Å². The lowest BCUT2D eigenvalue weighted by Gasteiger charge is -2.29. The van der Waals surface area contributed by atoms with Crippen molar-refractivity contribution in [3.63, 3.8) is 0 Å². The van der Waals surface area contributed by atoms with Gasteiger partial charge in [0.15, 0.2) is 0 Å². The van der Waals surface area contributed by atoms with Crippen LogP contribution in [-0.2, 0) is 0 Å². The average molecular weight is 271 g/mol. The van der Waals surface area contributed by atoms with Crippen LogP contribution in [0.2, 0.25) is 0 Å². The summed E-state index contributed by atoms with van der Waals surface area (Å²) in [5, 5.41) is 3.42. The van der Waals surface area contributed by atoms with Gasteiger partial charge in [-0.1, -0.05) is 49.9 Å². The molecule has 110 valence electrons. The fourth-order valence-electron chi connectivity index (χ4n) is 4.11. The lowest BCUT2D eigenvalue weighted by atomic mass is 9.77. The quantitative estimate of drug-likeness (QED) is 0.773. The second-order valence-corrected chi connectivity index (χ2v) is 6.86. The van der Waals surface area contributed by atoms with Gasteiger partial charge in [-0.05, 0) is 68.2 Å².